The van der Waals surface area contributed by atoms with Crippen molar-refractivity contribution in [3.05, 3.63) is 29.3 Å². The third kappa shape index (κ3) is 5.20. The van der Waals surface area contributed by atoms with Crippen molar-refractivity contribution in [2.45, 2.75) is 40.3 Å². The maximum atomic E-state index is 5.60. The summed E-state index contributed by atoms with van der Waals surface area (Å²) in [6, 6.07) is 6.68. The lowest BCUT2D eigenvalue weighted by Gasteiger charge is -2.14. The average molecular weight is 237 g/mol. The van der Waals surface area contributed by atoms with Gasteiger partial charge in [-0.2, -0.15) is 0 Å². The van der Waals surface area contributed by atoms with Crippen LogP contribution in [0.1, 0.15) is 31.9 Å². The molecule has 0 aliphatic rings. The van der Waals surface area contributed by atoms with Gasteiger partial charge in [0.1, 0.15) is 5.75 Å². The molecule has 0 aromatic heterocycles. The van der Waals surface area contributed by atoms with Crippen molar-refractivity contribution >= 4 is 0 Å². The lowest BCUT2D eigenvalue weighted by atomic mass is 10.1. The van der Waals surface area contributed by atoms with E-state index in [1.165, 1.54) is 11.1 Å². The summed E-state index contributed by atoms with van der Waals surface area (Å²) >= 11 is 0. The Balaban J connectivity index is 2.66. The molecule has 0 spiro atoms. The summed E-state index contributed by atoms with van der Waals surface area (Å²) in [7, 11) is 0. The third-order valence-corrected chi connectivity index (χ3v) is 2.42. The highest BCUT2D eigenvalue weighted by molar-refractivity contribution is 5.36. The molecule has 1 rings (SSSR count). The zero-order valence-corrected chi connectivity index (χ0v) is 11.2. The fourth-order valence-corrected chi connectivity index (χ4v) is 1.49. The highest BCUT2D eigenvalue weighted by Crippen LogP contribution is 2.20. The highest BCUT2D eigenvalue weighted by atomic mass is 16.7. The maximum Gasteiger partial charge on any atom is 0.189 e. The lowest BCUT2D eigenvalue weighted by molar-refractivity contribution is 0.0217. The van der Waals surface area contributed by atoms with Gasteiger partial charge in [-0.15, -0.1) is 0 Å². The minimum Gasteiger partial charge on any atom is -0.467 e. The molecule has 0 bridgehead atoms. The van der Waals surface area contributed by atoms with E-state index in [1.807, 2.05) is 13.0 Å². The molecule has 0 radical (unpaired) electrons. The molecule has 0 saturated carbocycles. The smallest absolute Gasteiger partial charge is 0.189 e. The normalized spacial score (nSPS) is 10.9. The van der Waals surface area contributed by atoms with Gasteiger partial charge in [0.2, 0.25) is 0 Å². The van der Waals surface area contributed by atoms with E-state index >= 15 is 0 Å². The standard InChI is InChI=1S/C14H23NO2/c1-5-16-10-17-14-7-6-12(4)8-13(14)9-15-11(2)3/h6-8,11,15H,5,9-10H2,1-4H3. The van der Waals surface area contributed by atoms with Crippen LogP contribution in [-0.4, -0.2) is 19.4 Å². The highest BCUT2D eigenvalue weighted by Gasteiger charge is 2.04. The summed E-state index contributed by atoms with van der Waals surface area (Å²) in [6.07, 6.45) is 0. The number of benzene rings is 1. The molecule has 17 heavy (non-hydrogen) atoms. The van der Waals surface area contributed by atoms with Gasteiger partial charge in [0.25, 0.3) is 0 Å². The van der Waals surface area contributed by atoms with Crippen LogP contribution in [0, 0.1) is 6.92 Å². The Kier molecular flexibility index (Phi) is 6.01. The summed E-state index contributed by atoms with van der Waals surface area (Å²) in [5.74, 6) is 0.900. The maximum absolute atomic E-state index is 5.60. The second-order valence-electron chi connectivity index (χ2n) is 4.40. The minimum absolute atomic E-state index is 0.314. The molecule has 0 fully saturated rings. The first-order chi connectivity index (χ1) is 8.13. The molecule has 1 N–H and O–H groups in total. The lowest BCUT2D eigenvalue weighted by Crippen LogP contribution is -2.22. The van der Waals surface area contributed by atoms with Gasteiger partial charge >= 0.3 is 0 Å². The molecule has 1 aromatic rings. The summed E-state index contributed by atoms with van der Waals surface area (Å²) in [4.78, 5) is 0. The second-order valence-corrected chi connectivity index (χ2v) is 4.40. The Hall–Kier alpha value is -1.06. The summed E-state index contributed by atoms with van der Waals surface area (Å²) < 4.78 is 10.8. The summed E-state index contributed by atoms with van der Waals surface area (Å²) in [6.45, 7) is 10.1. The Morgan fingerprint density at radius 1 is 1.29 bits per heavy atom. The molecule has 0 heterocycles. The van der Waals surface area contributed by atoms with Gasteiger partial charge in [0, 0.05) is 24.8 Å². The minimum atomic E-state index is 0.314. The van der Waals surface area contributed by atoms with Gasteiger partial charge in [-0.1, -0.05) is 31.5 Å². The van der Waals surface area contributed by atoms with Crippen LogP contribution in [0.5, 0.6) is 5.75 Å². The average Bonchev–Trinajstić information content (AvgIpc) is 2.29. The molecule has 3 heteroatoms. The van der Waals surface area contributed by atoms with Crippen LogP contribution in [0.2, 0.25) is 0 Å². The molecule has 0 saturated heterocycles. The number of aryl methyl sites for hydroxylation is 1. The van der Waals surface area contributed by atoms with Crippen molar-refractivity contribution < 1.29 is 9.47 Å². The number of hydrogen-bond donors (Lipinski definition) is 1. The number of hydrogen-bond acceptors (Lipinski definition) is 3. The van der Waals surface area contributed by atoms with E-state index in [1.54, 1.807) is 0 Å². The predicted molar refractivity (Wildman–Crippen MR) is 70.3 cm³/mol. The van der Waals surface area contributed by atoms with Crippen molar-refractivity contribution in [3.8, 4) is 5.75 Å². The van der Waals surface area contributed by atoms with Gasteiger partial charge < -0.3 is 14.8 Å². The first-order valence-corrected chi connectivity index (χ1v) is 6.17. The monoisotopic (exact) mass is 237 g/mol. The molecule has 1 aromatic carbocycles. The topological polar surface area (TPSA) is 30.5 Å². The van der Waals surface area contributed by atoms with E-state index in [2.05, 4.69) is 38.2 Å². The Morgan fingerprint density at radius 2 is 2.06 bits per heavy atom. The Labute approximate surface area is 104 Å². The quantitative estimate of drug-likeness (QED) is 0.584. The van der Waals surface area contributed by atoms with Crippen molar-refractivity contribution in [2.24, 2.45) is 0 Å². The predicted octanol–water partition coefficient (Wildman–Crippen LogP) is 2.87. The number of nitrogens with one attached hydrogen (secondary N) is 1. The van der Waals surface area contributed by atoms with E-state index in [0.29, 0.717) is 19.4 Å². The Morgan fingerprint density at radius 3 is 2.71 bits per heavy atom. The van der Waals surface area contributed by atoms with Gasteiger partial charge in [0.15, 0.2) is 6.79 Å². The third-order valence-electron chi connectivity index (χ3n) is 2.42. The molecule has 0 unspecified atom stereocenters. The zero-order valence-electron chi connectivity index (χ0n) is 11.2. The van der Waals surface area contributed by atoms with E-state index in [0.717, 1.165) is 12.3 Å². The van der Waals surface area contributed by atoms with E-state index in [4.69, 9.17) is 9.47 Å². The number of ether oxygens (including phenoxy) is 2. The molecule has 0 atom stereocenters. The fraction of sp³-hybridized carbons (Fsp3) is 0.571. The fourth-order valence-electron chi connectivity index (χ4n) is 1.49. The van der Waals surface area contributed by atoms with Gasteiger partial charge in [-0.3, -0.25) is 0 Å². The van der Waals surface area contributed by atoms with Crippen LogP contribution in [-0.2, 0) is 11.3 Å². The molecular formula is C14H23NO2. The van der Waals surface area contributed by atoms with Crippen LogP contribution in [0.4, 0.5) is 0 Å². The van der Waals surface area contributed by atoms with Gasteiger partial charge in [0.05, 0.1) is 0 Å². The Bertz CT molecular complexity index is 337. The van der Waals surface area contributed by atoms with Crippen molar-refractivity contribution in [3.63, 3.8) is 0 Å². The molecule has 96 valence electrons. The molecule has 0 aliphatic carbocycles. The van der Waals surface area contributed by atoms with E-state index in [9.17, 15) is 0 Å². The van der Waals surface area contributed by atoms with Crippen LogP contribution < -0.4 is 10.1 Å². The van der Waals surface area contributed by atoms with Crippen molar-refractivity contribution in [1.82, 2.24) is 5.32 Å². The van der Waals surface area contributed by atoms with Crippen LogP contribution >= 0.6 is 0 Å². The SMILES string of the molecule is CCOCOc1ccc(C)cc1CNC(C)C. The summed E-state index contributed by atoms with van der Waals surface area (Å²) in [5, 5.41) is 3.40. The first kappa shape index (κ1) is 14.0. The van der Waals surface area contributed by atoms with Gasteiger partial charge in [-0.05, 0) is 19.9 Å². The summed E-state index contributed by atoms with van der Waals surface area (Å²) in [5.41, 5.74) is 2.42. The van der Waals surface area contributed by atoms with Crippen molar-refractivity contribution in [1.29, 1.82) is 0 Å². The van der Waals surface area contributed by atoms with Crippen LogP contribution in [0.25, 0.3) is 0 Å². The first-order valence-electron chi connectivity index (χ1n) is 6.17. The van der Waals surface area contributed by atoms with Crippen LogP contribution in [0.3, 0.4) is 0 Å². The van der Waals surface area contributed by atoms with E-state index < -0.39 is 0 Å². The number of rotatable bonds is 7. The largest absolute Gasteiger partial charge is 0.467 e. The molecule has 0 amide bonds. The molecule has 3 nitrogen and oxygen atoms in total. The molecular weight excluding hydrogens is 214 g/mol. The van der Waals surface area contributed by atoms with E-state index in [-0.39, 0.29) is 0 Å². The van der Waals surface area contributed by atoms with Crippen molar-refractivity contribution in [2.75, 3.05) is 13.4 Å². The molecule has 0 aliphatic heterocycles. The van der Waals surface area contributed by atoms with Gasteiger partial charge in [-0.25, -0.2) is 0 Å². The zero-order chi connectivity index (χ0) is 12.7. The second kappa shape index (κ2) is 7.30. The van der Waals surface area contributed by atoms with Crippen LogP contribution in [0.15, 0.2) is 18.2 Å².